The molecule has 0 aliphatic carbocycles. The van der Waals surface area contributed by atoms with Gasteiger partial charge in [-0.3, -0.25) is 9.59 Å². The molecule has 0 radical (unpaired) electrons. The van der Waals surface area contributed by atoms with Crippen molar-refractivity contribution in [1.29, 1.82) is 0 Å². The van der Waals surface area contributed by atoms with E-state index < -0.39 is 6.04 Å². The fourth-order valence-corrected chi connectivity index (χ4v) is 3.75. The second-order valence-corrected chi connectivity index (χ2v) is 7.60. The molecule has 2 amide bonds. The molecular formula is C24H26N4O2. The number of hydrogen-bond acceptors (Lipinski definition) is 3. The Kier molecular flexibility index (Phi) is 6.23. The minimum atomic E-state index is -0.669. The van der Waals surface area contributed by atoms with Crippen molar-refractivity contribution in [3.05, 3.63) is 89.5 Å². The molecule has 1 aliphatic heterocycles. The molecule has 6 heteroatoms. The Bertz CT molecular complexity index is 975. The molecule has 0 saturated carbocycles. The van der Waals surface area contributed by atoms with Crippen LogP contribution in [0.3, 0.4) is 0 Å². The summed E-state index contributed by atoms with van der Waals surface area (Å²) in [6.07, 6.45) is 5.75. The molecule has 2 aromatic carbocycles. The molecule has 0 saturated heterocycles. The number of rotatable bonds is 7. The van der Waals surface area contributed by atoms with Gasteiger partial charge in [0.2, 0.25) is 5.91 Å². The smallest absolute Gasteiger partial charge is 0.251 e. The molecule has 2 N–H and O–H groups in total. The maximum atomic E-state index is 13.0. The predicted molar refractivity (Wildman–Crippen MR) is 115 cm³/mol. The lowest BCUT2D eigenvalue weighted by Crippen LogP contribution is -2.47. The number of carbonyl (C=O) groups excluding carboxylic acids is 2. The van der Waals surface area contributed by atoms with E-state index in [1.807, 2.05) is 54.7 Å². The summed E-state index contributed by atoms with van der Waals surface area (Å²) in [5.41, 5.74) is 2.38. The minimum absolute atomic E-state index is 0.214. The molecule has 0 spiro atoms. The number of amides is 2. The number of benzene rings is 2. The van der Waals surface area contributed by atoms with Gasteiger partial charge >= 0.3 is 0 Å². The highest BCUT2D eigenvalue weighted by Crippen LogP contribution is 2.14. The van der Waals surface area contributed by atoms with Gasteiger partial charge in [0.05, 0.1) is 12.2 Å². The SMILES string of the molecule is O=C(NC(Cc1ccccc1)C(=O)NCc1cn2c(n1)CCCC2)c1ccccc1. The van der Waals surface area contributed by atoms with Crippen molar-refractivity contribution < 1.29 is 9.59 Å². The van der Waals surface area contributed by atoms with E-state index in [2.05, 4.69) is 20.2 Å². The van der Waals surface area contributed by atoms with E-state index in [0.717, 1.165) is 36.5 Å². The van der Waals surface area contributed by atoms with E-state index in [1.54, 1.807) is 12.1 Å². The van der Waals surface area contributed by atoms with Crippen LogP contribution < -0.4 is 10.6 Å². The highest BCUT2D eigenvalue weighted by Gasteiger charge is 2.22. The molecule has 154 valence electrons. The number of fused-ring (bicyclic) bond motifs is 1. The van der Waals surface area contributed by atoms with Crippen molar-refractivity contribution in [3.63, 3.8) is 0 Å². The van der Waals surface area contributed by atoms with Gasteiger partial charge in [-0.05, 0) is 30.5 Å². The Morgan fingerprint density at radius 1 is 1.00 bits per heavy atom. The Hall–Kier alpha value is -3.41. The van der Waals surface area contributed by atoms with Crippen LogP contribution in [0, 0.1) is 0 Å². The number of nitrogens with zero attached hydrogens (tertiary/aromatic N) is 2. The molecule has 0 fully saturated rings. The molecule has 1 aromatic heterocycles. The third-order valence-corrected chi connectivity index (χ3v) is 5.34. The zero-order chi connectivity index (χ0) is 20.8. The van der Waals surface area contributed by atoms with Crippen LogP contribution in [0.2, 0.25) is 0 Å². The van der Waals surface area contributed by atoms with Gasteiger partial charge in [-0.15, -0.1) is 0 Å². The molecule has 30 heavy (non-hydrogen) atoms. The summed E-state index contributed by atoms with van der Waals surface area (Å²) in [4.78, 5) is 30.3. The highest BCUT2D eigenvalue weighted by atomic mass is 16.2. The first-order chi connectivity index (χ1) is 14.7. The summed E-state index contributed by atoms with van der Waals surface area (Å²) in [6, 6.07) is 18.0. The number of nitrogens with one attached hydrogen (secondary N) is 2. The number of aromatic nitrogens is 2. The van der Waals surface area contributed by atoms with Crippen molar-refractivity contribution in [1.82, 2.24) is 20.2 Å². The molecule has 1 aliphatic rings. The molecule has 0 bridgehead atoms. The molecule has 6 nitrogen and oxygen atoms in total. The van der Waals surface area contributed by atoms with Gasteiger partial charge in [0.15, 0.2) is 0 Å². The molecule has 1 unspecified atom stereocenters. The second-order valence-electron chi connectivity index (χ2n) is 7.60. The molecule has 1 atom stereocenters. The first-order valence-corrected chi connectivity index (χ1v) is 10.4. The lowest BCUT2D eigenvalue weighted by molar-refractivity contribution is -0.123. The normalized spacial score (nSPS) is 13.9. The number of carbonyl (C=O) groups is 2. The first-order valence-electron chi connectivity index (χ1n) is 10.4. The summed E-state index contributed by atoms with van der Waals surface area (Å²) in [5, 5.41) is 5.85. The zero-order valence-electron chi connectivity index (χ0n) is 16.9. The van der Waals surface area contributed by atoms with Crippen LogP contribution in [-0.4, -0.2) is 27.4 Å². The summed E-state index contributed by atoms with van der Waals surface area (Å²) in [6.45, 7) is 1.34. The van der Waals surface area contributed by atoms with Crippen molar-refractivity contribution in [3.8, 4) is 0 Å². The second kappa shape index (κ2) is 9.39. The maximum Gasteiger partial charge on any atom is 0.251 e. The third kappa shape index (κ3) is 4.95. The van der Waals surface area contributed by atoms with Gasteiger partial charge in [0.25, 0.3) is 5.91 Å². The molecular weight excluding hydrogens is 376 g/mol. The van der Waals surface area contributed by atoms with Crippen LogP contribution in [0.4, 0.5) is 0 Å². The minimum Gasteiger partial charge on any atom is -0.349 e. The first kappa shape index (κ1) is 19.9. The third-order valence-electron chi connectivity index (χ3n) is 5.34. The number of imidazole rings is 1. The van der Waals surface area contributed by atoms with E-state index >= 15 is 0 Å². The fraction of sp³-hybridized carbons (Fsp3) is 0.292. The van der Waals surface area contributed by atoms with Gasteiger partial charge in [-0.2, -0.15) is 0 Å². The molecule has 2 heterocycles. The standard InChI is InChI=1S/C24H26N4O2/c29-23(19-11-5-2-6-12-19)27-21(15-18-9-3-1-4-10-18)24(30)25-16-20-17-28-14-8-7-13-22(28)26-20/h1-6,9-12,17,21H,7-8,13-16H2,(H,25,30)(H,27,29). The van der Waals surface area contributed by atoms with Gasteiger partial charge in [0.1, 0.15) is 11.9 Å². The highest BCUT2D eigenvalue weighted by molar-refractivity contribution is 5.97. The molecule has 3 aromatic rings. The largest absolute Gasteiger partial charge is 0.349 e. The average Bonchev–Trinajstić information content (AvgIpc) is 3.21. The van der Waals surface area contributed by atoms with Crippen LogP contribution >= 0.6 is 0 Å². The Balaban J connectivity index is 1.44. The van der Waals surface area contributed by atoms with Gasteiger partial charge in [-0.25, -0.2) is 4.98 Å². The van der Waals surface area contributed by atoms with Gasteiger partial charge in [0, 0.05) is 31.1 Å². The van der Waals surface area contributed by atoms with Crippen LogP contribution in [0.1, 0.15) is 40.3 Å². The van der Waals surface area contributed by atoms with Crippen LogP contribution in [-0.2, 0) is 30.7 Å². The predicted octanol–water partition coefficient (Wildman–Crippen LogP) is 2.88. The van der Waals surface area contributed by atoms with E-state index in [9.17, 15) is 9.59 Å². The van der Waals surface area contributed by atoms with Crippen molar-refractivity contribution in [2.75, 3.05) is 0 Å². The lowest BCUT2D eigenvalue weighted by atomic mass is 10.0. The lowest BCUT2D eigenvalue weighted by Gasteiger charge is -2.18. The van der Waals surface area contributed by atoms with Gasteiger partial charge in [-0.1, -0.05) is 48.5 Å². The fourth-order valence-electron chi connectivity index (χ4n) is 3.75. The van der Waals surface area contributed by atoms with Crippen LogP contribution in [0.25, 0.3) is 0 Å². The Morgan fingerprint density at radius 2 is 1.73 bits per heavy atom. The van der Waals surface area contributed by atoms with Crippen molar-refractivity contribution in [2.45, 2.75) is 44.8 Å². The number of aryl methyl sites for hydroxylation is 2. The average molecular weight is 402 g/mol. The maximum absolute atomic E-state index is 13.0. The van der Waals surface area contributed by atoms with E-state index in [0.29, 0.717) is 18.5 Å². The van der Waals surface area contributed by atoms with E-state index in [-0.39, 0.29) is 11.8 Å². The van der Waals surface area contributed by atoms with E-state index in [1.165, 1.54) is 6.42 Å². The quantitative estimate of drug-likeness (QED) is 0.638. The van der Waals surface area contributed by atoms with Gasteiger partial charge < -0.3 is 15.2 Å². The molecule has 4 rings (SSSR count). The Morgan fingerprint density at radius 3 is 2.47 bits per heavy atom. The van der Waals surface area contributed by atoms with Crippen molar-refractivity contribution >= 4 is 11.8 Å². The summed E-state index contributed by atoms with van der Waals surface area (Å²) >= 11 is 0. The zero-order valence-corrected chi connectivity index (χ0v) is 16.9. The monoisotopic (exact) mass is 402 g/mol. The van der Waals surface area contributed by atoms with E-state index in [4.69, 9.17) is 0 Å². The summed E-state index contributed by atoms with van der Waals surface area (Å²) < 4.78 is 2.17. The summed E-state index contributed by atoms with van der Waals surface area (Å²) in [5.74, 6) is 0.613. The topological polar surface area (TPSA) is 76.0 Å². The van der Waals surface area contributed by atoms with Crippen LogP contribution in [0.15, 0.2) is 66.9 Å². The number of hydrogen-bond donors (Lipinski definition) is 2. The van der Waals surface area contributed by atoms with Crippen LogP contribution in [0.5, 0.6) is 0 Å². The van der Waals surface area contributed by atoms with Crippen molar-refractivity contribution in [2.24, 2.45) is 0 Å². The summed E-state index contributed by atoms with van der Waals surface area (Å²) in [7, 11) is 0. The Labute approximate surface area is 176 Å².